The van der Waals surface area contributed by atoms with Crippen LogP contribution in [0.5, 0.6) is 5.75 Å². The molecule has 1 heterocycles. The molecule has 5 nitrogen and oxygen atoms in total. The van der Waals surface area contributed by atoms with E-state index >= 15 is 0 Å². The van der Waals surface area contributed by atoms with Crippen LogP contribution in [0.3, 0.4) is 0 Å². The van der Waals surface area contributed by atoms with Gasteiger partial charge >= 0.3 is 0 Å². The van der Waals surface area contributed by atoms with Gasteiger partial charge in [0.15, 0.2) is 0 Å². The SMILES string of the molecule is CC[C@@H](C)c1nc2ccc(Br)cc2c(=O)n1N=Cc1cccc(OCc2ccccc2F)c1. The number of fused-ring (bicyclic) bond motifs is 1. The van der Waals surface area contributed by atoms with Gasteiger partial charge in [-0.1, -0.05) is 60.1 Å². The largest absolute Gasteiger partial charge is 0.489 e. The van der Waals surface area contributed by atoms with Crippen molar-refractivity contribution in [2.45, 2.75) is 32.8 Å². The molecule has 7 heteroatoms. The number of benzene rings is 3. The van der Waals surface area contributed by atoms with Crippen molar-refractivity contribution in [1.82, 2.24) is 9.66 Å². The van der Waals surface area contributed by atoms with Crippen LogP contribution in [0.25, 0.3) is 10.9 Å². The molecule has 0 bridgehead atoms. The zero-order valence-corrected chi connectivity index (χ0v) is 19.9. The highest BCUT2D eigenvalue weighted by atomic mass is 79.9. The topological polar surface area (TPSA) is 56.5 Å². The van der Waals surface area contributed by atoms with Crippen LogP contribution in [0.2, 0.25) is 0 Å². The molecule has 0 spiro atoms. The minimum absolute atomic E-state index is 0.0540. The minimum Gasteiger partial charge on any atom is -0.489 e. The fourth-order valence-corrected chi connectivity index (χ4v) is 3.73. The van der Waals surface area contributed by atoms with Gasteiger partial charge < -0.3 is 4.74 Å². The van der Waals surface area contributed by atoms with E-state index in [-0.39, 0.29) is 23.9 Å². The highest BCUT2D eigenvalue weighted by molar-refractivity contribution is 9.10. The highest BCUT2D eigenvalue weighted by Gasteiger charge is 2.15. The number of nitrogens with zero attached hydrogens (tertiary/aromatic N) is 3. The molecule has 33 heavy (non-hydrogen) atoms. The number of hydrogen-bond acceptors (Lipinski definition) is 4. The Hall–Kier alpha value is -3.32. The van der Waals surface area contributed by atoms with Gasteiger partial charge in [-0.3, -0.25) is 4.79 Å². The number of halogens is 2. The third-order valence-corrected chi connectivity index (χ3v) is 5.91. The summed E-state index contributed by atoms with van der Waals surface area (Å²) in [6, 6.07) is 19.2. The smallest absolute Gasteiger partial charge is 0.282 e. The van der Waals surface area contributed by atoms with Crippen LogP contribution < -0.4 is 10.3 Å². The van der Waals surface area contributed by atoms with Crippen molar-refractivity contribution in [1.29, 1.82) is 0 Å². The average molecular weight is 508 g/mol. The summed E-state index contributed by atoms with van der Waals surface area (Å²) in [4.78, 5) is 17.9. The van der Waals surface area contributed by atoms with Crippen molar-refractivity contribution in [3.8, 4) is 5.75 Å². The molecule has 0 saturated carbocycles. The number of hydrogen-bond donors (Lipinski definition) is 0. The van der Waals surface area contributed by atoms with Gasteiger partial charge in [0.2, 0.25) is 0 Å². The number of rotatable bonds is 7. The van der Waals surface area contributed by atoms with Gasteiger partial charge in [0.1, 0.15) is 24.0 Å². The van der Waals surface area contributed by atoms with Crippen LogP contribution in [0.15, 0.2) is 81.1 Å². The molecule has 4 rings (SSSR count). The maximum atomic E-state index is 13.8. The van der Waals surface area contributed by atoms with E-state index in [4.69, 9.17) is 9.72 Å². The standard InChI is InChI=1S/C26H23BrFN3O2/c1-3-17(2)25-30-24-12-11-20(27)14-22(24)26(32)31(25)29-15-18-7-6-9-21(13-18)33-16-19-8-4-5-10-23(19)28/h4-15,17H,3,16H2,1-2H3/t17-/m1/s1. The predicted molar refractivity (Wildman–Crippen MR) is 133 cm³/mol. The lowest BCUT2D eigenvalue weighted by Gasteiger charge is -2.14. The van der Waals surface area contributed by atoms with E-state index in [1.807, 2.05) is 38.1 Å². The van der Waals surface area contributed by atoms with Crippen molar-refractivity contribution in [2.24, 2.45) is 5.10 Å². The zero-order valence-electron chi connectivity index (χ0n) is 18.3. The molecule has 4 aromatic rings. The van der Waals surface area contributed by atoms with Gasteiger partial charge in [0.25, 0.3) is 5.56 Å². The summed E-state index contributed by atoms with van der Waals surface area (Å²) in [7, 11) is 0. The zero-order chi connectivity index (χ0) is 23.4. The molecule has 0 aliphatic carbocycles. The molecular formula is C26H23BrFN3O2. The molecule has 168 valence electrons. The van der Waals surface area contributed by atoms with E-state index in [1.54, 1.807) is 42.6 Å². The Bertz CT molecular complexity index is 1380. The van der Waals surface area contributed by atoms with Crippen LogP contribution in [0, 0.1) is 5.82 Å². The molecule has 0 radical (unpaired) electrons. The van der Waals surface area contributed by atoms with E-state index in [0.717, 1.165) is 16.5 Å². The molecule has 1 aromatic heterocycles. The summed E-state index contributed by atoms with van der Waals surface area (Å²) >= 11 is 3.42. The molecule has 0 N–H and O–H groups in total. The van der Waals surface area contributed by atoms with Crippen LogP contribution >= 0.6 is 15.9 Å². The maximum absolute atomic E-state index is 13.8. The molecule has 0 aliphatic heterocycles. The van der Waals surface area contributed by atoms with Crippen LogP contribution in [-0.4, -0.2) is 15.9 Å². The summed E-state index contributed by atoms with van der Waals surface area (Å²) in [5.41, 5.74) is 1.65. The van der Waals surface area contributed by atoms with E-state index in [9.17, 15) is 9.18 Å². The summed E-state index contributed by atoms with van der Waals surface area (Å²) in [5.74, 6) is 0.943. The van der Waals surface area contributed by atoms with Gasteiger partial charge in [-0.2, -0.15) is 9.78 Å². The molecule has 0 fully saturated rings. The lowest BCUT2D eigenvalue weighted by Crippen LogP contribution is -2.23. The number of aromatic nitrogens is 2. The summed E-state index contributed by atoms with van der Waals surface area (Å²) < 4.78 is 21.8. The summed E-state index contributed by atoms with van der Waals surface area (Å²) in [6.07, 6.45) is 2.43. The summed E-state index contributed by atoms with van der Waals surface area (Å²) in [5, 5.41) is 4.98. The van der Waals surface area contributed by atoms with E-state index in [2.05, 4.69) is 21.0 Å². The molecule has 1 atom stereocenters. The van der Waals surface area contributed by atoms with Gasteiger partial charge in [-0.15, -0.1) is 0 Å². The van der Waals surface area contributed by atoms with E-state index < -0.39 is 0 Å². The molecule has 0 amide bonds. The Morgan fingerprint density at radius 1 is 1.15 bits per heavy atom. The summed E-state index contributed by atoms with van der Waals surface area (Å²) in [6.45, 7) is 4.19. The third-order valence-electron chi connectivity index (χ3n) is 5.42. The Labute approximate surface area is 199 Å². The number of ether oxygens (including phenoxy) is 1. The lowest BCUT2D eigenvalue weighted by molar-refractivity contribution is 0.300. The Morgan fingerprint density at radius 2 is 1.97 bits per heavy atom. The van der Waals surface area contributed by atoms with E-state index in [0.29, 0.717) is 28.0 Å². The van der Waals surface area contributed by atoms with Crippen molar-refractivity contribution < 1.29 is 9.13 Å². The van der Waals surface area contributed by atoms with Crippen molar-refractivity contribution >= 4 is 33.0 Å². The fraction of sp³-hybridized carbons (Fsp3) is 0.192. The van der Waals surface area contributed by atoms with E-state index in [1.165, 1.54) is 10.7 Å². The van der Waals surface area contributed by atoms with Crippen LogP contribution in [-0.2, 0) is 6.61 Å². The molecule has 0 unspecified atom stereocenters. The first kappa shape index (κ1) is 22.9. The average Bonchev–Trinajstić information content (AvgIpc) is 2.83. The molecular weight excluding hydrogens is 485 g/mol. The lowest BCUT2D eigenvalue weighted by atomic mass is 10.1. The van der Waals surface area contributed by atoms with Gasteiger partial charge in [-0.05, 0) is 48.4 Å². The monoisotopic (exact) mass is 507 g/mol. The molecule has 0 aliphatic rings. The molecule has 0 saturated heterocycles. The van der Waals surface area contributed by atoms with Crippen molar-refractivity contribution in [2.75, 3.05) is 0 Å². The quantitative estimate of drug-likeness (QED) is 0.277. The van der Waals surface area contributed by atoms with Crippen molar-refractivity contribution in [3.05, 3.63) is 104 Å². The second-order valence-corrected chi connectivity index (χ2v) is 8.67. The predicted octanol–water partition coefficient (Wildman–Crippen LogP) is 6.27. The maximum Gasteiger partial charge on any atom is 0.282 e. The Morgan fingerprint density at radius 3 is 2.76 bits per heavy atom. The second-order valence-electron chi connectivity index (χ2n) is 7.75. The second kappa shape index (κ2) is 10.1. The molecule has 3 aromatic carbocycles. The first-order valence-corrected chi connectivity index (χ1v) is 11.5. The third kappa shape index (κ3) is 5.20. The fourth-order valence-electron chi connectivity index (χ4n) is 3.36. The first-order chi connectivity index (χ1) is 16.0. The minimum atomic E-state index is -0.303. The highest BCUT2D eigenvalue weighted by Crippen LogP contribution is 2.21. The van der Waals surface area contributed by atoms with Gasteiger partial charge in [-0.25, -0.2) is 9.37 Å². The van der Waals surface area contributed by atoms with Crippen LogP contribution in [0.1, 0.15) is 43.1 Å². The Balaban J connectivity index is 1.65. The van der Waals surface area contributed by atoms with Gasteiger partial charge in [0.05, 0.1) is 17.1 Å². The Kier molecular flexibility index (Phi) is 6.99. The van der Waals surface area contributed by atoms with Gasteiger partial charge in [0, 0.05) is 16.0 Å². The van der Waals surface area contributed by atoms with Crippen LogP contribution in [0.4, 0.5) is 4.39 Å². The normalized spacial score (nSPS) is 12.4. The first-order valence-electron chi connectivity index (χ1n) is 10.7. The van der Waals surface area contributed by atoms with Crippen molar-refractivity contribution in [3.63, 3.8) is 0 Å².